The maximum atomic E-state index is 11.3. The number of hydrogen-bond donors (Lipinski definition) is 0. The van der Waals surface area contributed by atoms with Crippen LogP contribution < -0.4 is 0 Å². The summed E-state index contributed by atoms with van der Waals surface area (Å²) in [4.78, 5) is 11.3. The van der Waals surface area contributed by atoms with Crippen LogP contribution in [0.1, 0.15) is 71.6 Å². The van der Waals surface area contributed by atoms with Crippen molar-refractivity contribution in [1.29, 1.82) is 0 Å². The number of ether oxygens (including phenoxy) is 3. The SMILES string of the molecule is CCCCCCCOCCOCCOC(=O)CCCCC. The van der Waals surface area contributed by atoms with Crippen molar-refractivity contribution in [1.82, 2.24) is 0 Å². The fourth-order valence-electron chi connectivity index (χ4n) is 1.94. The standard InChI is InChI=1S/C17H34O4/c1-3-5-7-8-10-12-19-13-14-20-15-16-21-17(18)11-9-6-4-2/h3-16H2,1-2H3. The zero-order chi connectivity index (χ0) is 15.6. The molecule has 0 aliphatic heterocycles. The van der Waals surface area contributed by atoms with E-state index in [1.165, 1.54) is 25.7 Å². The molecule has 21 heavy (non-hydrogen) atoms. The van der Waals surface area contributed by atoms with Gasteiger partial charge in [0.15, 0.2) is 0 Å². The maximum Gasteiger partial charge on any atom is 0.305 e. The number of carbonyl (C=O) groups is 1. The molecule has 0 saturated carbocycles. The molecule has 0 aromatic carbocycles. The number of carbonyl (C=O) groups excluding carboxylic acids is 1. The highest BCUT2D eigenvalue weighted by molar-refractivity contribution is 5.69. The van der Waals surface area contributed by atoms with E-state index >= 15 is 0 Å². The van der Waals surface area contributed by atoms with Crippen LogP contribution in [0.2, 0.25) is 0 Å². The largest absolute Gasteiger partial charge is 0.463 e. The second kappa shape index (κ2) is 17.4. The van der Waals surface area contributed by atoms with E-state index in [1.807, 2.05) is 0 Å². The molecule has 0 saturated heterocycles. The van der Waals surface area contributed by atoms with E-state index in [1.54, 1.807) is 0 Å². The third-order valence-corrected chi connectivity index (χ3v) is 3.24. The minimum atomic E-state index is -0.115. The van der Waals surface area contributed by atoms with E-state index < -0.39 is 0 Å². The Morgan fingerprint density at radius 2 is 1.24 bits per heavy atom. The highest BCUT2D eigenvalue weighted by Gasteiger charge is 2.01. The van der Waals surface area contributed by atoms with Crippen molar-refractivity contribution < 1.29 is 19.0 Å². The average Bonchev–Trinajstić information content (AvgIpc) is 2.48. The summed E-state index contributed by atoms with van der Waals surface area (Å²) in [5.74, 6) is -0.115. The zero-order valence-corrected chi connectivity index (χ0v) is 14.0. The monoisotopic (exact) mass is 302 g/mol. The lowest BCUT2D eigenvalue weighted by atomic mass is 10.2. The van der Waals surface area contributed by atoms with Gasteiger partial charge in [0.2, 0.25) is 0 Å². The van der Waals surface area contributed by atoms with Crippen LogP contribution in [-0.2, 0) is 19.0 Å². The first kappa shape index (κ1) is 20.4. The van der Waals surface area contributed by atoms with Crippen LogP contribution in [0.25, 0.3) is 0 Å². The summed E-state index contributed by atoms with van der Waals surface area (Å²) in [6.45, 7) is 7.16. The van der Waals surface area contributed by atoms with Gasteiger partial charge in [-0.15, -0.1) is 0 Å². The molecule has 0 aromatic heterocycles. The molecular weight excluding hydrogens is 268 g/mol. The first-order valence-corrected chi connectivity index (χ1v) is 8.62. The number of esters is 1. The molecule has 0 amide bonds. The van der Waals surface area contributed by atoms with Gasteiger partial charge in [0.25, 0.3) is 0 Å². The fraction of sp³-hybridized carbons (Fsp3) is 0.941. The van der Waals surface area contributed by atoms with Gasteiger partial charge in [0, 0.05) is 13.0 Å². The summed E-state index contributed by atoms with van der Waals surface area (Å²) in [5.41, 5.74) is 0. The van der Waals surface area contributed by atoms with Gasteiger partial charge in [-0.3, -0.25) is 4.79 Å². The lowest BCUT2D eigenvalue weighted by molar-refractivity contribution is -0.145. The van der Waals surface area contributed by atoms with Gasteiger partial charge in [-0.25, -0.2) is 0 Å². The third kappa shape index (κ3) is 17.3. The van der Waals surface area contributed by atoms with E-state index in [0.29, 0.717) is 32.8 Å². The first-order chi connectivity index (χ1) is 10.3. The summed E-state index contributed by atoms with van der Waals surface area (Å²) in [5, 5.41) is 0. The van der Waals surface area contributed by atoms with Crippen molar-refractivity contribution in [3.63, 3.8) is 0 Å². The quantitative estimate of drug-likeness (QED) is 0.318. The lowest BCUT2D eigenvalue weighted by Gasteiger charge is -2.07. The molecular formula is C17H34O4. The van der Waals surface area contributed by atoms with Crippen LogP contribution in [0, 0.1) is 0 Å². The summed E-state index contributed by atoms with van der Waals surface area (Å²) in [6, 6.07) is 0. The Kier molecular flexibility index (Phi) is 16.9. The van der Waals surface area contributed by atoms with Crippen LogP contribution in [0.15, 0.2) is 0 Å². The Labute approximate surface area is 130 Å². The molecule has 126 valence electrons. The van der Waals surface area contributed by atoms with Gasteiger partial charge < -0.3 is 14.2 Å². The third-order valence-electron chi connectivity index (χ3n) is 3.24. The molecule has 0 aliphatic carbocycles. The molecule has 0 bridgehead atoms. The molecule has 0 atom stereocenters. The molecule has 0 spiro atoms. The summed E-state index contributed by atoms with van der Waals surface area (Å²) in [7, 11) is 0. The van der Waals surface area contributed by atoms with Gasteiger partial charge in [-0.05, 0) is 12.8 Å². The Hall–Kier alpha value is -0.610. The number of unbranched alkanes of at least 4 members (excludes halogenated alkanes) is 6. The molecule has 0 aromatic rings. The minimum Gasteiger partial charge on any atom is -0.463 e. The maximum absolute atomic E-state index is 11.3. The van der Waals surface area contributed by atoms with Gasteiger partial charge in [0.05, 0.1) is 19.8 Å². The van der Waals surface area contributed by atoms with Gasteiger partial charge in [-0.1, -0.05) is 52.4 Å². The summed E-state index contributed by atoms with van der Waals surface area (Å²) < 4.78 is 15.9. The van der Waals surface area contributed by atoms with E-state index in [9.17, 15) is 4.79 Å². The van der Waals surface area contributed by atoms with Crippen molar-refractivity contribution in [3.05, 3.63) is 0 Å². The van der Waals surface area contributed by atoms with Crippen molar-refractivity contribution in [2.45, 2.75) is 71.6 Å². The highest BCUT2D eigenvalue weighted by Crippen LogP contribution is 2.02. The normalized spacial score (nSPS) is 10.8. The van der Waals surface area contributed by atoms with Crippen molar-refractivity contribution in [3.8, 4) is 0 Å². The van der Waals surface area contributed by atoms with Gasteiger partial charge in [-0.2, -0.15) is 0 Å². The molecule has 0 rings (SSSR count). The summed E-state index contributed by atoms with van der Waals surface area (Å²) in [6.07, 6.45) is 9.93. The minimum absolute atomic E-state index is 0.115. The van der Waals surface area contributed by atoms with E-state index in [2.05, 4.69) is 13.8 Å². The second-order valence-corrected chi connectivity index (χ2v) is 5.32. The first-order valence-electron chi connectivity index (χ1n) is 8.62. The van der Waals surface area contributed by atoms with Crippen molar-refractivity contribution in [2.75, 3.05) is 33.0 Å². The van der Waals surface area contributed by atoms with Crippen LogP contribution in [0.5, 0.6) is 0 Å². The molecule has 0 aliphatic rings. The molecule has 0 radical (unpaired) electrons. The van der Waals surface area contributed by atoms with Gasteiger partial charge in [0.1, 0.15) is 6.61 Å². The average molecular weight is 302 g/mol. The Morgan fingerprint density at radius 3 is 1.95 bits per heavy atom. The number of rotatable bonds is 16. The predicted molar refractivity (Wildman–Crippen MR) is 85.5 cm³/mol. The summed E-state index contributed by atoms with van der Waals surface area (Å²) >= 11 is 0. The topological polar surface area (TPSA) is 44.8 Å². The molecule has 4 heteroatoms. The van der Waals surface area contributed by atoms with Crippen molar-refractivity contribution >= 4 is 5.97 Å². The van der Waals surface area contributed by atoms with Crippen molar-refractivity contribution in [2.24, 2.45) is 0 Å². The Balaban J connectivity index is 3.06. The second-order valence-electron chi connectivity index (χ2n) is 5.32. The number of hydrogen-bond acceptors (Lipinski definition) is 4. The Morgan fingerprint density at radius 1 is 0.667 bits per heavy atom. The molecule has 4 nitrogen and oxygen atoms in total. The highest BCUT2D eigenvalue weighted by atomic mass is 16.6. The lowest BCUT2D eigenvalue weighted by Crippen LogP contribution is -2.13. The van der Waals surface area contributed by atoms with Crippen LogP contribution in [-0.4, -0.2) is 39.0 Å². The van der Waals surface area contributed by atoms with Gasteiger partial charge >= 0.3 is 5.97 Å². The molecule has 0 N–H and O–H groups in total. The van der Waals surface area contributed by atoms with E-state index in [4.69, 9.17) is 14.2 Å². The zero-order valence-electron chi connectivity index (χ0n) is 14.0. The van der Waals surface area contributed by atoms with E-state index in [0.717, 1.165) is 32.3 Å². The molecule has 0 unspecified atom stereocenters. The van der Waals surface area contributed by atoms with Crippen LogP contribution in [0.4, 0.5) is 0 Å². The Bertz CT molecular complexity index is 219. The fourth-order valence-corrected chi connectivity index (χ4v) is 1.94. The smallest absolute Gasteiger partial charge is 0.305 e. The predicted octanol–water partition coefficient (Wildman–Crippen LogP) is 4.11. The molecule has 0 heterocycles. The molecule has 0 fully saturated rings. The van der Waals surface area contributed by atoms with Crippen LogP contribution in [0.3, 0.4) is 0 Å². The van der Waals surface area contributed by atoms with Crippen LogP contribution >= 0.6 is 0 Å². The van der Waals surface area contributed by atoms with E-state index in [-0.39, 0.29) is 5.97 Å².